The first-order valence-corrected chi connectivity index (χ1v) is 8.82. The SMILES string of the molecule is COCc1cc(C)nc(SCC(=O)Nc2ccc(C)cc2C)c1C#N. The molecule has 130 valence electrons. The minimum atomic E-state index is -0.127. The first-order chi connectivity index (χ1) is 11.9. The number of nitrogens with one attached hydrogen (secondary N) is 1. The lowest BCUT2D eigenvalue weighted by atomic mass is 10.1. The zero-order valence-corrected chi connectivity index (χ0v) is 15.7. The van der Waals surface area contributed by atoms with Crippen LogP contribution in [0, 0.1) is 32.1 Å². The summed E-state index contributed by atoms with van der Waals surface area (Å²) in [7, 11) is 1.58. The van der Waals surface area contributed by atoms with Gasteiger partial charge in [-0.2, -0.15) is 5.26 Å². The fourth-order valence-electron chi connectivity index (χ4n) is 2.48. The summed E-state index contributed by atoms with van der Waals surface area (Å²) in [5.74, 6) is 0.0580. The van der Waals surface area contributed by atoms with Crippen molar-refractivity contribution >= 4 is 23.4 Å². The molecule has 5 nitrogen and oxygen atoms in total. The number of nitriles is 1. The highest BCUT2D eigenvalue weighted by Crippen LogP contribution is 2.25. The van der Waals surface area contributed by atoms with Crippen LogP contribution in [0.25, 0.3) is 0 Å². The second kappa shape index (κ2) is 8.65. The number of carbonyl (C=O) groups excluding carboxylic acids is 1. The van der Waals surface area contributed by atoms with Crippen LogP contribution < -0.4 is 5.32 Å². The predicted molar refractivity (Wildman–Crippen MR) is 99.7 cm³/mol. The smallest absolute Gasteiger partial charge is 0.234 e. The van der Waals surface area contributed by atoms with Crippen LogP contribution in [-0.4, -0.2) is 23.8 Å². The minimum absolute atomic E-state index is 0.127. The molecule has 0 saturated heterocycles. The fraction of sp³-hybridized carbons (Fsp3) is 0.316. The summed E-state index contributed by atoms with van der Waals surface area (Å²) in [5, 5.41) is 12.9. The molecular formula is C19H21N3O2S. The van der Waals surface area contributed by atoms with Gasteiger partial charge in [-0.05, 0) is 44.0 Å². The Hall–Kier alpha value is -2.36. The normalized spacial score (nSPS) is 10.4. The van der Waals surface area contributed by atoms with E-state index < -0.39 is 0 Å². The van der Waals surface area contributed by atoms with E-state index in [1.54, 1.807) is 7.11 Å². The number of hydrogen-bond acceptors (Lipinski definition) is 5. The molecule has 1 heterocycles. The summed E-state index contributed by atoms with van der Waals surface area (Å²) in [6.45, 7) is 6.18. The van der Waals surface area contributed by atoms with E-state index in [9.17, 15) is 10.1 Å². The largest absolute Gasteiger partial charge is 0.380 e. The van der Waals surface area contributed by atoms with Gasteiger partial charge in [0.2, 0.25) is 5.91 Å². The molecule has 1 N–H and O–H groups in total. The number of benzene rings is 1. The molecule has 1 amide bonds. The van der Waals surface area contributed by atoms with Crippen molar-refractivity contribution in [2.75, 3.05) is 18.2 Å². The summed E-state index contributed by atoms with van der Waals surface area (Å²) in [6, 6.07) is 9.89. The van der Waals surface area contributed by atoms with Crippen LogP contribution in [0.1, 0.15) is 27.9 Å². The molecule has 0 fully saturated rings. The molecule has 0 spiro atoms. The lowest BCUT2D eigenvalue weighted by Gasteiger charge is -2.11. The Morgan fingerprint density at radius 1 is 1.32 bits per heavy atom. The van der Waals surface area contributed by atoms with Crippen LogP contribution >= 0.6 is 11.8 Å². The van der Waals surface area contributed by atoms with Gasteiger partial charge in [0, 0.05) is 18.5 Å². The van der Waals surface area contributed by atoms with Gasteiger partial charge in [0.15, 0.2) is 0 Å². The van der Waals surface area contributed by atoms with Crippen molar-refractivity contribution < 1.29 is 9.53 Å². The Morgan fingerprint density at radius 3 is 2.72 bits per heavy atom. The lowest BCUT2D eigenvalue weighted by molar-refractivity contribution is -0.113. The van der Waals surface area contributed by atoms with Gasteiger partial charge in [-0.3, -0.25) is 4.79 Å². The van der Waals surface area contributed by atoms with Gasteiger partial charge in [-0.1, -0.05) is 29.5 Å². The zero-order chi connectivity index (χ0) is 18.4. The molecule has 6 heteroatoms. The van der Waals surface area contributed by atoms with Gasteiger partial charge >= 0.3 is 0 Å². The standard InChI is InChI=1S/C19H21N3O2S/c1-12-5-6-17(13(2)7-12)22-18(23)11-25-19-16(9-20)15(10-24-4)8-14(3)21-19/h5-8H,10-11H2,1-4H3,(H,22,23). The first kappa shape index (κ1) is 19.0. The molecule has 1 aromatic heterocycles. The van der Waals surface area contributed by atoms with Crippen LogP contribution in [-0.2, 0) is 16.1 Å². The molecule has 0 aliphatic carbocycles. The van der Waals surface area contributed by atoms with E-state index in [2.05, 4.69) is 16.4 Å². The van der Waals surface area contributed by atoms with E-state index in [1.165, 1.54) is 11.8 Å². The number of rotatable bonds is 6. The van der Waals surface area contributed by atoms with E-state index in [1.807, 2.05) is 45.0 Å². The maximum atomic E-state index is 12.3. The number of carbonyl (C=O) groups is 1. The summed E-state index contributed by atoms with van der Waals surface area (Å²) in [4.78, 5) is 16.7. The van der Waals surface area contributed by atoms with Crippen molar-refractivity contribution in [3.63, 3.8) is 0 Å². The predicted octanol–water partition coefficient (Wildman–Crippen LogP) is 3.76. The summed E-state index contributed by atoms with van der Waals surface area (Å²) >= 11 is 1.26. The Kier molecular flexibility index (Phi) is 6.57. The third-order valence-corrected chi connectivity index (χ3v) is 4.58. The summed E-state index contributed by atoms with van der Waals surface area (Å²) < 4.78 is 5.14. The number of thioether (sulfide) groups is 1. The van der Waals surface area contributed by atoms with E-state index in [0.717, 1.165) is 28.1 Å². The second-order valence-corrected chi connectivity index (χ2v) is 6.77. The van der Waals surface area contributed by atoms with Gasteiger partial charge in [-0.25, -0.2) is 4.98 Å². The maximum Gasteiger partial charge on any atom is 0.234 e. The number of aryl methyl sites for hydroxylation is 3. The molecule has 0 aliphatic heterocycles. The third-order valence-electron chi connectivity index (χ3n) is 3.60. The Labute approximate surface area is 152 Å². The van der Waals surface area contributed by atoms with Crippen molar-refractivity contribution in [1.29, 1.82) is 5.26 Å². The number of methoxy groups -OCH3 is 1. The molecule has 2 aromatic rings. The number of anilines is 1. The van der Waals surface area contributed by atoms with Crippen LogP contribution in [0.15, 0.2) is 29.3 Å². The van der Waals surface area contributed by atoms with Gasteiger partial charge < -0.3 is 10.1 Å². The molecule has 0 saturated carbocycles. The van der Waals surface area contributed by atoms with Crippen molar-refractivity contribution in [2.24, 2.45) is 0 Å². The fourth-order valence-corrected chi connectivity index (χ4v) is 3.35. The number of nitrogens with zero attached hydrogens (tertiary/aromatic N) is 2. The monoisotopic (exact) mass is 355 g/mol. The van der Waals surface area contributed by atoms with Crippen LogP contribution in [0.2, 0.25) is 0 Å². The molecular weight excluding hydrogens is 334 g/mol. The minimum Gasteiger partial charge on any atom is -0.380 e. The number of aromatic nitrogens is 1. The topological polar surface area (TPSA) is 75.0 Å². The Morgan fingerprint density at radius 2 is 2.08 bits per heavy atom. The molecule has 0 atom stereocenters. The van der Waals surface area contributed by atoms with E-state index in [4.69, 9.17) is 4.74 Å². The molecule has 0 unspecified atom stereocenters. The lowest BCUT2D eigenvalue weighted by Crippen LogP contribution is -2.15. The number of amides is 1. The molecule has 0 aliphatic rings. The highest BCUT2D eigenvalue weighted by Gasteiger charge is 2.14. The third kappa shape index (κ3) is 5.05. The van der Waals surface area contributed by atoms with Crippen molar-refractivity contribution in [1.82, 2.24) is 4.98 Å². The quantitative estimate of drug-likeness (QED) is 0.799. The van der Waals surface area contributed by atoms with Gasteiger partial charge in [0.1, 0.15) is 11.1 Å². The molecule has 0 radical (unpaired) electrons. The van der Waals surface area contributed by atoms with Gasteiger partial charge in [-0.15, -0.1) is 0 Å². The average Bonchev–Trinajstić information content (AvgIpc) is 2.55. The summed E-state index contributed by atoms with van der Waals surface area (Å²) in [6.07, 6.45) is 0. The molecule has 1 aromatic carbocycles. The number of ether oxygens (including phenoxy) is 1. The van der Waals surface area contributed by atoms with Crippen molar-refractivity contribution in [3.8, 4) is 6.07 Å². The highest BCUT2D eigenvalue weighted by atomic mass is 32.2. The van der Waals surface area contributed by atoms with Gasteiger partial charge in [0.05, 0.1) is 17.9 Å². The van der Waals surface area contributed by atoms with Gasteiger partial charge in [0.25, 0.3) is 0 Å². The van der Waals surface area contributed by atoms with E-state index in [-0.39, 0.29) is 11.7 Å². The maximum absolute atomic E-state index is 12.3. The van der Waals surface area contributed by atoms with E-state index in [0.29, 0.717) is 17.2 Å². The van der Waals surface area contributed by atoms with Crippen LogP contribution in [0.4, 0.5) is 5.69 Å². The van der Waals surface area contributed by atoms with E-state index >= 15 is 0 Å². The van der Waals surface area contributed by atoms with Crippen LogP contribution in [0.5, 0.6) is 0 Å². The Bertz CT molecular complexity index is 828. The molecule has 25 heavy (non-hydrogen) atoms. The van der Waals surface area contributed by atoms with Crippen molar-refractivity contribution in [2.45, 2.75) is 32.4 Å². The average molecular weight is 355 g/mol. The first-order valence-electron chi connectivity index (χ1n) is 7.84. The highest BCUT2D eigenvalue weighted by molar-refractivity contribution is 8.00. The zero-order valence-electron chi connectivity index (χ0n) is 14.8. The molecule has 0 bridgehead atoms. The molecule has 2 rings (SSSR count). The number of pyridine rings is 1. The van der Waals surface area contributed by atoms with Crippen molar-refractivity contribution in [3.05, 3.63) is 52.2 Å². The Balaban J connectivity index is 2.10. The summed E-state index contributed by atoms with van der Waals surface area (Å²) in [5.41, 5.74) is 5.02. The van der Waals surface area contributed by atoms with Crippen LogP contribution in [0.3, 0.4) is 0 Å². The number of hydrogen-bond donors (Lipinski definition) is 1. The second-order valence-electron chi connectivity index (χ2n) is 5.80.